The molecular formula is C11H14N2O2S. The number of thiazole rings is 1. The van der Waals surface area contributed by atoms with Gasteiger partial charge in [0.1, 0.15) is 0 Å². The lowest BCUT2D eigenvalue weighted by Crippen LogP contribution is -1.98. The average molecular weight is 238 g/mol. The molecule has 4 nitrogen and oxygen atoms in total. The molecule has 0 saturated heterocycles. The summed E-state index contributed by atoms with van der Waals surface area (Å²) in [5.74, 6) is 1.47. The molecule has 0 saturated carbocycles. The molecule has 0 fully saturated rings. The Morgan fingerprint density at radius 1 is 1.19 bits per heavy atom. The van der Waals surface area contributed by atoms with E-state index >= 15 is 0 Å². The molecule has 0 aliphatic carbocycles. The third kappa shape index (κ3) is 2.04. The molecule has 2 N–H and O–H groups in total. The highest BCUT2D eigenvalue weighted by Gasteiger charge is 2.10. The number of nitrogen functional groups attached to an aromatic ring is 1. The number of anilines is 1. The first-order chi connectivity index (χ1) is 7.74. The van der Waals surface area contributed by atoms with Crippen molar-refractivity contribution >= 4 is 26.7 Å². The van der Waals surface area contributed by atoms with Gasteiger partial charge in [0.2, 0.25) is 0 Å². The topological polar surface area (TPSA) is 57.4 Å². The van der Waals surface area contributed by atoms with Gasteiger partial charge in [-0.05, 0) is 13.8 Å². The Morgan fingerprint density at radius 2 is 1.81 bits per heavy atom. The van der Waals surface area contributed by atoms with Crippen LogP contribution in [-0.4, -0.2) is 18.2 Å². The minimum atomic E-state index is 0.561. The van der Waals surface area contributed by atoms with Crippen molar-refractivity contribution < 1.29 is 9.47 Å². The van der Waals surface area contributed by atoms with Crippen molar-refractivity contribution in [2.75, 3.05) is 18.9 Å². The lowest BCUT2D eigenvalue weighted by Gasteiger charge is -2.10. The summed E-state index contributed by atoms with van der Waals surface area (Å²) in [5, 5.41) is 0.561. The fourth-order valence-corrected chi connectivity index (χ4v) is 2.23. The number of hydrogen-bond acceptors (Lipinski definition) is 5. The zero-order valence-electron chi connectivity index (χ0n) is 9.32. The second-order valence-corrected chi connectivity index (χ2v) is 4.25. The van der Waals surface area contributed by atoms with E-state index in [9.17, 15) is 0 Å². The van der Waals surface area contributed by atoms with Crippen LogP contribution in [0.4, 0.5) is 5.13 Å². The minimum Gasteiger partial charge on any atom is -0.490 e. The van der Waals surface area contributed by atoms with E-state index in [1.54, 1.807) is 0 Å². The fourth-order valence-electron chi connectivity index (χ4n) is 1.49. The number of benzene rings is 1. The van der Waals surface area contributed by atoms with Crippen LogP contribution < -0.4 is 15.2 Å². The summed E-state index contributed by atoms with van der Waals surface area (Å²) in [6, 6.07) is 3.80. The maximum Gasteiger partial charge on any atom is 0.181 e. The van der Waals surface area contributed by atoms with E-state index in [2.05, 4.69) is 4.98 Å². The SMILES string of the molecule is CCOc1cc2nc(N)sc2cc1OCC. The zero-order valence-corrected chi connectivity index (χ0v) is 10.1. The van der Waals surface area contributed by atoms with Crippen molar-refractivity contribution in [3.05, 3.63) is 12.1 Å². The van der Waals surface area contributed by atoms with Gasteiger partial charge >= 0.3 is 0 Å². The van der Waals surface area contributed by atoms with E-state index in [-0.39, 0.29) is 0 Å². The minimum absolute atomic E-state index is 0.561. The van der Waals surface area contributed by atoms with Crippen LogP contribution in [0.1, 0.15) is 13.8 Å². The largest absolute Gasteiger partial charge is 0.490 e. The van der Waals surface area contributed by atoms with Gasteiger partial charge in [0.05, 0.1) is 23.4 Å². The second-order valence-electron chi connectivity index (χ2n) is 3.18. The normalized spacial score (nSPS) is 10.6. The second kappa shape index (κ2) is 4.57. The summed E-state index contributed by atoms with van der Waals surface area (Å²) in [6.45, 7) is 5.10. The molecule has 0 spiro atoms. The van der Waals surface area contributed by atoms with Crippen molar-refractivity contribution in [3.63, 3.8) is 0 Å². The smallest absolute Gasteiger partial charge is 0.181 e. The van der Waals surface area contributed by atoms with Crippen LogP contribution in [0.3, 0.4) is 0 Å². The Morgan fingerprint density at radius 3 is 2.44 bits per heavy atom. The monoisotopic (exact) mass is 238 g/mol. The number of aromatic nitrogens is 1. The van der Waals surface area contributed by atoms with Gasteiger partial charge in [-0.2, -0.15) is 0 Å². The van der Waals surface area contributed by atoms with Gasteiger partial charge in [0.25, 0.3) is 0 Å². The average Bonchev–Trinajstić information content (AvgIpc) is 2.58. The van der Waals surface area contributed by atoms with Crippen LogP contribution in [0, 0.1) is 0 Å². The molecule has 16 heavy (non-hydrogen) atoms. The van der Waals surface area contributed by atoms with E-state index in [0.29, 0.717) is 18.3 Å². The first kappa shape index (κ1) is 11.0. The van der Waals surface area contributed by atoms with Crippen molar-refractivity contribution in [2.24, 2.45) is 0 Å². The van der Waals surface area contributed by atoms with Gasteiger partial charge in [-0.25, -0.2) is 4.98 Å². The molecule has 2 aromatic rings. The van der Waals surface area contributed by atoms with E-state index < -0.39 is 0 Å². The van der Waals surface area contributed by atoms with Crippen molar-refractivity contribution in [3.8, 4) is 11.5 Å². The van der Waals surface area contributed by atoms with Crippen LogP contribution >= 0.6 is 11.3 Å². The predicted octanol–water partition coefficient (Wildman–Crippen LogP) is 2.68. The number of fused-ring (bicyclic) bond motifs is 1. The Labute approximate surface area is 98.0 Å². The summed E-state index contributed by atoms with van der Waals surface area (Å²) in [4.78, 5) is 4.22. The van der Waals surface area contributed by atoms with Crippen molar-refractivity contribution in [2.45, 2.75) is 13.8 Å². The molecule has 0 aliphatic rings. The fraction of sp³-hybridized carbons (Fsp3) is 0.364. The highest BCUT2D eigenvalue weighted by Crippen LogP contribution is 2.35. The lowest BCUT2D eigenvalue weighted by molar-refractivity contribution is 0.288. The van der Waals surface area contributed by atoms with E-state index in [1.165, 1.54) is 11.3 Å². The van der Waals surface area contributed by atoms with Gasteiger partial charge in [0.15, 0.2) is 16.6 Å². The van der Waals surface area contributed by atoms with Gasteiger partial charge in [0, 0.05) is 12.1 Å². The number of rotatable bonds is 4. The molecule has 0 aliphatic heterocycles. The highest BCUT2D eigenvalue weighted by molar-refractivity contribution is 7.22. The van der Waals surface area contributed by atoms with Crippen LogP contribution in [0.5, 0.6) is 11.5 Å². The number of nitrogens with two attached hydrogens (primary N) is 1. The van der Waals surface area contributed by atoms with Crippen molar-refractivity contribution in [1.82, 2.24) is 4.98 Å². The molecule has 86 valence electrons. The Balaban J connectivity index is 2.51. The first-order valence-electron chi connectivity index (χ1n) is 5.20. The summed E-state index contributed by atoms with van der Waals surface area (Å²) in [5.41, 5.74) is 6.52. The van der Waals surface area contributed by atoms with Crippen molar-refractivity contribution in [1.29, 1.82) is 0 Å². The summed E-state index contributed by atoms with van der Waals surface area (Å²) in [6.07, 6.45) is 0. The zero-order chi connectivity index (χ0) is 11.5. The third-order valence-electron chi connectivity index (χ3n) is 2.07. The standard InChI is InChI=1S/C11H14N2O2S/c1-3-14-8-5-7-10(16-11(12)13-7)6-9(8)15-4-2/h5-6H,3-4H2,1-2H3,(H2,12,13). The predicted molar refractivity (Wildman–Crippen MR) is 66.4 cm³/mol. The van der Waals surface area contributed by atoms with E-state index in [1.807, 2.05) is 26.0 Å². The molecule has 0 radical (unpaired) electrons. The molecule has 0 amide bonds. The number of ether oxygens (including phenoxy) is 2. The Hall–Kier alpha value is -1.49. The Kier molecular flexibility index (Phi) is 3.14. The van der Waals surface area contributed by atoms with E-state index in [0.717, 1.165) is 21.7 Å². The third-order valence-corrected chi connectivity index (χ3v) is 2.92. The molecule has 0 bridgehead atoms. The quantitative estimate of drug-likeness (QED) is 0.889. The number of hydrogen-bond donors (Lipinski definition) is 1. The summed E-state index contributed by atoms with van der Waals surface area (Å²) < 4.78 is 12.0. The summed E-state index contributed by atoms with van der Waals surface area (Å²) >= 11 is 1.45. The van der Waals surface area contributed by atoms with Gasteiger partial charge < -0.3 is 15.2 Å². The maximum atomic E-state index is 5.66. The van der Waals surface area contributed by atoms with Gasteiger partial charge in [-0.1, -0.05) is 11.3 Å². The number of nitrogens with zero attached hydrogens (tertiary/aromatic N) is 1. The molecule has 1 heterocycles. The summed E-state index contributed by atoms with van der Waals surface area (Å²) in [7, 11) is 0. The van der Waals surface area contributed by atoms with Crippen LogP contribution in [-0.2, 0) is 0 Å². The maximum absolute atomic E-state index is 5.66. The van der Waals surface area contributed by atoms with Crippen LogP contribution in [0.15, 0.2) is 12.1 Å². The van der Waals surface area contributed by atoms with E-state index in [4.69, 9.17) is 15.2 Å². The molecule has 5 heteroatoms. The lowest BCUT2D eigenvalue weighted by atomic mass is 10.3. The molecule has 2 rings (SSSR count). The van der Waals surface area contributed by atoms with Crippen LogP contribution in [0.2, 0.25) is 0 Å². The van der Waals surface area contributed by atoms with Crippen LogP contribution in [0.25, 0.3) is 10.2 Å². The van der Waals surface area contributed by atoms with Gasteiger partial charge in [-0.3, -0.25) is 0 Å². The first-order valence-corrected chi connectivity index (χ1v) is 6.02. The Bertz CT molecular complexity index is 453. The molecule has 1 aromatic heterocycles. The molecule has 0 atom stereocenters. The highest BCUT2D eigenvalue weighted by atomic mass is 32.1. The van der Waals surface area contributed by atoms with Gasteiger partial charge in [-0.15, -0.1) is 0 Å². The molecular weight excluding hydrogens is 224 g/mol. The molecule has 0 unspecified atom stereocenters. The molecule has 1 aromatic carbocycles.